The number of nitro groups is 1. The number of rotatable bonds is 6. The van der Waals surface area contributed by atoms with E-state index in [1.807, 2.05) is 30.3 Å². The van der Waals surface area contributed by atoms with Crippen LogP contribution in [0.3, 0.4) is 0 Å². The molecule has 0 aliphatic carbocycles. The number of carbonyl (C=O) groups excluding carboxylic acids is 2. The van der Waals surface area contributed by atoms with Crippen molar-refractivity contribution in [3.8, 4) is 0 Å². The zero-order chi connectivity index (χ0) is 22.2. The van der Waals surface area contributed by atoms with Gasteiger partial charge in [-0.05, 0) is 42.0 Å². The van der Waals surface area contributed by atoms with Crippen molar-refractivity contribution in [2.75, 3.05) is 5.32 Å². The van der Waals surface area contributed by atoms with Crippen molar-refractivity contribution < 1.29 is 14.5 Å². The van der Waals surface area contributed by atoms with Crippen molar-refractivity contribution in [2.45, 2.75) is 6.54 Å². The van der Waals surface area contributed by atoms with E-state index in [4.69, 9.17) is 12.2 Å². The number of hydrogen-bond donors (Lipinski definition) is 3. The smallest absolute Gasteiger partial charge is 0.282 e. The number of hydrogen-bond acceptors (Lipinski definition) is 5. The molecule has 2 amide bonds. The van der Waals surface area contributed by atoms with Crippen LogP contribution in [0, 0.1) is 10.1 Å². The molecule has 3 N–H and O–H groups in total. The third-order valence-electron chi connectivity index (χ3n) is 4.25. The lowest BCUT2D eigenvalue weighted by Crippen LogP contribution is -2.34. The Bertz CT molecular complexity index is 1140. The first-order valence-electron chi connectivity index (χ1n) is 9.22. The first kappa shape index (κ1) is 21.6. The third-order valence-corrected chi connectivity index (χ3v) is 4.46. The lowest BCUT2D eigenvalue weighted by molar-refractivity contribution is -0.385. The predicted molar refractivity (Wildman–Crippen MR) is 121 cm³/mol. The second kappa shape index (κ2) is 10.1. The van der Waals surface area contributed by atoms with E-state index in [0.717, 1.165) is 5.56 Å². The Morgan fingerprint density at radius 1 is 0.903 bits per heavy atom. The highest BCUT2D eigenvalue weighted by atomic mass is 32.1. The summed E-state index contributed by atoms with van der Waals surface area (Å²) in [6, 6.07) is 21.7. The molecule has 3 rings (SSSR count). The van der Waals surface area contributed by atoms with Gasteiger partial charge in [0, 0.05) is 23.9 Å². The molecule has 0 aromatic heterocycles. The van der Waals surface area contributed by atoms with E-state index in [9.17, 15) is 19.7 Å². The van der Waals surface area contributed by atoms with Crippen LogP contribution < -0.4 is 16.0 Å². The summed E-state index contributed by atoms with van der Waals surface area (Å²) in [5, 5.41) is 19.1. The van der Waals surface area contributed by atoms with Crippen LogP contribution in [0.15, 0.2) is 78.9 Å². The van der Waals surface area contributed by atoms with Crippen LogP contribution in [0.1, 0.15) is 26.3 Å². The first-order valence-corrected chi connectivity index (χ1v) is 9.63. The Kier molecular flexibility index (Phi) is 7.02. The monoisotopic (exact) mass is 434 g/mol. The fraction of sp³-hybridized carbons (Fsp3) is 0.0455. The molecular formula is C22H18N4O4S. The molecule has 3 aromatic rings. The van der Waals surface area contributed by atoms with E-state index in [2.05, 4.69) is 16.0 Å². The molecule has 0 fully saturated rings. The van der Waals surface area contributed by atoms with Gasteiger partial charge in [0.05, 0.1) is 4.92 Å². The molecule has 0 bridgehead atoms. The lowest BCUT2D eigenvalue weighted by Gasteiger charge is -2.11. The molecule has 0 aliphatic heterocycles. The van der Waals surface area contributed by atoms with Crippen molar-refractivity contribution in [3.05, 3.63) is 106 Å². The van der Waals surface area contributed by atoms with Crippen LogP contribution in [-0.4, -0.2) is 21.9 Å². The van der Waals surface area contributed by atoms with Crippen LogP contribution in [0.5, 0.6) is 0 Å². The second-order valence-electron chi connectivity index (χ2n) is 6.43. The Morgan fingerprint density at radius 2 is 1.61 bits per heavy atom. The second-order valence-corrected chi connectivity index (χ2v) is 6.84. The van der Waals surface area contributed by atoms with Gasteiger partial charge in [-0.2, -0.15) is 0 Å². The summed E-state index contributed by atoms with van der Waals surface area (Å²) >= 11 is 5.13. The SMILES string of the molecule is O=C(NCc1ccccc1)c1cccc(NC(=S)NC(=O)c2ccccc2[N+](=O)[O-])c1. The maximum absolute atomic E-state index is 12.4. The van der Waals surface area contributed by atoms with E-state index in [1.54, 1.807) is 24.3 Å². The van der Waals surface area contributed by atoms with Gasteiger partial charge in [-0.3, -0.25) is 25.0 Å². The molecule has 156 valence electrons. The molecule has 9 heteroatoms. The van der Waals surface area contributed by atoms with Gasteiger partial charge in [0.2, 0.25) is 0 Å². The van der Waals surface area contributed by atoms with Crippen LogP contribution in [0.4, 0.5) is 11.4 Å². The average molecular weight is 434 g/mol. The number of carbonyl (C=O) groups is 2. The Balaban J connectivity index is 1.61. The molecule has 0 saturated carbocycles. The van der Waals surface area contributed by atoms with E-state index >= 15 is 0 Å². The summed E-state index contributed by atoms with van der Waals surface area (Å²) in [6.45, 7) is 0.391. The van der Waals surface area contributed by atoms with Crippen molar-refractivity contribution in [3.63, 3.8) is 0 Å². The van der Waals surface area contributed by atoms with Crippen LogP contribution in [0.2, 0.25) is 0 Å². The Labute approximate surface area is 183 Å². The van der Waals surface area contributed by atoms with E-state index in [0.29, 0.717) is 17.8 Å². The van der Waals surface area contributed by atoms with Crippen molar-refractivity contribution in [2.24, 2.45) is 0 Å². The highest BCUT2D eigenvalue weighted by Crippen LogP contribution is 2.17. The standard InChI is InChI=1S/C22H18N4O4S/c27-20(23-14-15-7-2-1-3-8-15)16-9-6-10-17(13-16)24-22(31)25-21(28)18-11-4-5-12-19(18)26(29)30/h1-13H,14H2,(H,23,27)(H2,24,25,28,31). The van der Waals surface area contributed by atoms with Gasteiger partial charge >= 0.3 is 0 Å². The largest absolute Gasteiger partial charge is 0.348 e. The van der Waals surface area contributed by atoms with Crippen molar-refractivity contribution >= 4 is 40.5 Å². The molecule has 0 aliphatic rings. The van der Waals surface area contributed by atoms with Crippen molar-refractivity contribution in [1.82, 2.24) is 10.6 Å². The topological polar surface area (TPSA) is 113 Å². The van der Waals surface area contributed by atoms with Gasteiger partial charge < -0.3 is 10.6 Å². The van der Waals surface area contributed by atoms with Crippen molar-refractivity contribution in [1.29, 1.82) is 0 Å². The molecule has 0 spiro atoms. The van der Waals surface area contributed by atoms with Crippen LogP contribution in [-0.2, 0) is 6.54 Å². The van der Waals surface area contributed by atoms with E-state index < -0.39 is 10.8 Å². The molecular weight excluding hydrogens is 416 g/mol. The maximum Gasteiger partial charge on any atom is 0.282 e. The molecule has 3 aromatic carbocycles. The Morgan fingerprint density at radius 3 is 2.35 bits per heavy atom. The van der Waals surface area contributed by atoms with Gasteiger partial charge in [-0.25, -0.2) is 0 Å². The third kappa shape index (κ3) is 5.94. The minimum absolute atomic E-state index is 0.0509. The summed E-state index contributed by atoms with van der Waals surface area (Å²) in [7, 11) is 0. The highest BCUT2D eigenvalue weighted by Gasteiger charge is 2.20. The predicted octanol–water partition coefficient (Wildman–Crippen LogP) is 3.65. The molecule has 0 heterocycles. The fourth-order valence-electron chi connectivity index (χ4n) is 2.78. The molecule has 0 radical (unpaired) electrons. The maximum atomic E-state index is 12.4. The fourth-order valence-corrected chi connectivity index (χ4v) is 2.99. The zero-order valence-electron chi connectivity index (χ0n) is 16.2. The molecule has 0 atom stereocenters. The normalized spacial score (nSPS) is 10.1. The molecule has 8 nitrogen and oxygen atoms in total. The summed E-state index contributed by atoms with van der Waals surface area (Å²) < 4.78 is 0. The first-order chi connectivity index (χ1) is 14.9. The minimum atomic E-state index is -0.707. The summed E-state index contributed by atoms with van der Waals surface area (Å²) in [4.78, 5) is 35.2. The molecule has 0 saturated heterocycles. The van der Waals surface area contributed by atoms with E-state index in [-0.39, 0.29) is 22.3 Å². The average Bonchev–Trinajstić information content (AvgIpc) is 2.78. The number of para-hydroxylation sites is 1. The van der Waals surface area contributed by atoms with Gasteiger partial charge in [0.25, 0.3) is 17.5 Å². The van der Waals surface area contributed by atoms with Gasteiger partial charge in [0.15, 0.2) is 5.11 Å². The number of benzene rings is 3. The number of amides is 2. The van der Waals surface area contributed by atoms with Gasteiger partial charge in [0.1, 0.15) is 5.56 Å². The summed E-state index contributed by atoms with van der Waals surface area (Å²) in [5.74, 6) is -0.969. The van der Waals surface area contributed by atoms with Gasteiger partial charge in [-0.1, -0.05) is 48.5 Å². The van der Waals surface area contributed by atoms with Crippen LogP contribution >= 0.6 is 12.2 Å². The minimum Gasteiger partial charge on any atom is -0.348 e. The number of thiocarbonyl (C=S) groups is 1. The number of nitrogens with zero attached hydrogens (tertiary/aromatic N) is 1. The molecule has 0 unspecified atom stereocenters. The lowest BCUT2D eigenvalue weighted by atomic mass is 10.1. The molecule has 31 heavy (non-hydrogen) atoms. The number of nitro benzene ring substituents is 1. The number of nitrogens with one attached hydrogen (secondary N) is 3. The quantitative estimate of drug-likeness (QED) is 0.310. The van der Waals surface area contributed by atoms with E-state index in [1.165, 1.54) is 24.3 Å². The zero-order valence-corrected chi connectivity index (χ0v) is 17.0. The summed E-state index contributed by atoms with van der Waals surface area (Å²) in [6.07, 6.45) is 0. The summed E-state index contributed by atoms with van der Waals surface area (Å²) in [5.41, 5.74) is 1.45. The number of anilines is 1. The Hall–Kier alpha value is -4.11. The van der Waals surface area contributed by atoms with Crippen LogP contribution in [0.25, 0.3) is 0 Å². The highest BCUT2D eigenvalue weighted by molar-refractivity contribution is 7.80. The van der Waals surface area contributed by atoms with Gasteiger partial charge in [-0.15, -0.1) is 0 Å².